The zero-order valence-corrected chi connectivity index (χ0v) is 11.7. The number of fused-ring (bicyclic) bond motifs is 1. The number of phenolic OH excluding ortho intramolecular Hbond substituents is 1. The summed E-state index contributed by atoms with van der Waals surface area (Å²) < 4.78 is 27.2. The average molecular weight is 300 g/mol. The fourth-order valence-electron chi connectivity index (χ4n) is 2.02. The molecule has 0 saturated carbocycles. The third kappa shape index (κ3) is 2.66. The van der Waals surface area contributed by atoms with Gasteiger partial charge >= 0.3 is 0 Å². The van der Waals surface area contributed by atoms with Crippen molar-refractivity contribution >= 4 is 26.6 Å². The Morgan fingerprint density at radius 2 is 1.67 bits per heavy atom. The molecule has 0 fully saturated rings. The lowest BCUT2D eigenvalue weighted by Crippen LogP contribution is -2.13. The highest BCUT2D eigenvalue weighted by molar-refractivity contribution is 7.92. The Morgan fingerprint density at radius 1 is 0.952 bits per heavy atom. The maximum absolute atomic E-state index is 12.3. The van der Waals surface area contributed by atoms with Crippen molar-refractivity contribution in [1.82, 2.24) is 4.98 Å². The molecule has 0 saturated heterocycles. The quantitative estimate of drug-likeness (QED) is 0.779. The minimum atomic E-state index is -3.72. The van der Waals surface area contributed by atoms with Gasteiger partial charge in [-0.1, -0.05) is 18.2 Å². The van der Waals surface area contributed by atoms with Crippen molar-refractivity contribution in [1.29, 1.82) is 0 Å². The van der Waals surface area contributed by atoms with Gasteiger partial charge in [-0.05, 0) is 36.4 Å². The standard InChI is InChI=1S/C15H12N2O3S/c18-12-6-8-13(9-7-12)21(19,20)17-14-5-1-3-11-4-2-10-16-15(11)14/h1-10,17-18H. The van der Waals surface area contributed by atoms with E-state index >= 15 is 0 Å². The van der Waals surface area contributed by atoms with Gasteiger partial charge in [0.1, 0.15) is 5.75 Å². The summed E-state index contributed by atoms with van der Waals surface area (Å²) >= 11 is 0. The molecular formula is C15H12N2O3S. The van der Waals surface area contributed by atoms with Crippen molar-refractivity contribution in [2.24, 2.45) is 0 Å². The lowest BCUT2D eigenvalue weighted by molar-refractivity contribution is 0.475. The van der Waals surface area contributed by atoms with Gasteiger partial charge < -0.3 is 5.11 Å². The van der Waals surface area contributed by atoms with Gasteiger partial charge in [-0.25, -0.2) is 8.42 Å². The Bertz CT molecular complexity index is 885. The number of nitrogens with zero attached hydrogens (tertiary/aromatic N) is 1. The topological polar surface area (TPSA) is 79.3 Å². The molecule has 1 heterocycles. The summed E-state index contributed by atoms with van der Waals surface area (Å²) in [4.78, 5) is 4.28. The number of phenols is 1. The Kier molecular flexibility index (Phi) is 3.23. The van der Waals surface area contributed by atoms with Crippen LogP contribution >= 0.6 is 0 Å². The molecule has 3 aromatic rings. The van der Waals surface area contributed by atoms with Crippen LogP contribution in [0.15, 0.2) is 65.7 Å². The van der Waals surface area contributed by atoms with Gasteiger partial charge in [0.05, 0.1) is 16.1 Å². The first-order valence-corrected chi connectivity index (χ1v) is 7.70. The van der Waals surface area contributed by atoms with Crippen LogP contribution in [0.5, 0.6) is 5.75 Å². The van der Waals surface area contributed by atoms with Gasteiger partial charge in [0.15, 0.2) is 0 Å². The number of pyridine rings is 1. The number of benzene rings is 2. The van der Waals surface area contributed by atoms with Crippen LogP contribution in [0.2, 0.25) is 0 Å². The molecular weight excluding hydrogens is 288 g/mol. The highest BCUT2D eigenvalue weighted by atomic mass is 32.2. The second kappa shape index (κ2) is 5.06. The number of aromatic hydroxyl groups is 1. The van der Waals surface area contributed by atoms with Crippen LogP contribution in [0.4, 0.5) is 5.69 Å². The molecule has 0 aliphatic carbocycles. The summed E-state index contributed by atoms with van der Waals surface area (Å²) in [5.41, 5.74) is 1.00. The smallest absolute Gasteiger partial charge is 0.261 e. The fourth-order valence-corrected chi connectivity index (χ4v) is 3.08. The summed E-state index contributed by atoms with van der Waals surface area (Å²) in [7, 11) is -3.72. The zero-order chi connectivity index (χ0) is 14.9. The number of hydrogen-bond acceptors (Lipinski definition) is 4. The molecule has 0 spiro atoms. The number of para-hydroxylation sites is 1. The van der Waals surface area contributed by atoms with Crippen molar-refractivity contribution in [3.63, 3.8) is 0 Å². The number of rotatable bonds is 3. The van der Waals surface area contributed by atoms with E-state index < -0.39 is 10.0 Å². The van der Waals surface area contributed by atoms with E-state index in [1.165, 1.54) is 24.3 Å². The van der Waals surface area contributed by atoms with Gasteiger partial charge in [-0.2, -0.15) is 0 Å². The summed E-state index contributed by atoms with van der Waals surface area (Å²) in [5, 5.41) is 10.1. The van der Waals surface area contributed by atoms with E-state index in [4.69, 9.17) is 0 Å². The summed E-state index contributed by atoms with van der Waals surface area (Å²) in [6.45, 7) is 0. The van der Waals surface area contributed by atoms with Crippen LogP contribution in [0.3, 0.4) is 0 Å². The first kappa shape index (κ1) is 13.4. The molecule has 21 heavy (non-hydrogen) atoms. The number of sulfonamides is 1. The summed E-state index contributed by atoms with van der Waals surface area (Å²) in [6, 6.07) is 14.3. The molecule has 0 aliphatic rings. The fraction of sp³-hybridized carbons (Fsp3) is 0. The molecule has 0 atom stereocenters. The lowest BCUT2D eigenvalue weighted by atomic mass is 10.2. The largest absolute Gasteiger partial charge is 0.508 e. The molecule has 2 aromatic carbocycles. The van der Waals surface area contributed by atoms with Gasteiger partial charge in [-0.15, -0.1) is 0 Å². The van der Waals surface area contributed by atoms with Gasteiger partial charge in [0.2, 0.25) is 0 Å². The highest BCUT2D eigenvalue weighted by Gasteiger charge is 2.15. The SMILES string of the molecule is O=S(=O)(Nc1cccc2cccnc12)c1ccc(O)cc1. The third-order valence-electron chi connectivity index (χ3n) is 3.02. The van der Waals surface area contributed by atoms with Crippen molar-refractivity contribution < 1.29 is 13.5 Å². The van der Waals surface area contributed by atoms with E-state index in [0.29, 0.717) is 11.2 Å². The van der Waals surface area contributed by atoms with E-state index in [-0.39, 0.29) is 10.6 Å². The Hall–Kier alpha value is -2.60. The lowest BCUT2D eigenvalue weighted by Gasteiger charge is -2.10. The first-order chi connectivity index (χ1) is 10.1. The maximum atomic E-state index is 12.3. The van der Waals surface area contributed by atoms with Crippen LogP contribution in [-0.2, 0) is 10.0 Å². The number of nitrogens with one attached hydrogen (secondary N) is 1. The molecule has 0 aliphatic heterocycles. The van der Waals surface area contributed by atoms with E-state index in [0.717, 1.165) is 5.39 Å². The van der Waals surface area contributed by atoms with Gasteiger partial charge in [0, 0.05) is 11.6 Å². The van der Waals surface area contributed by atoms with Crippen molar-refractivity contribution in [2.45, 2.75) is 4.90 Å². The molecule has 0 amide bonds. The van der Waals surface area contributed by atoms with Crippen molar-refractivity contribution in [3.8, 4) is 5.75 Å². The van der Waals surface area contributed by atoms with Gasteiger partial charge in [-0.3, -0.25) is 9.71 Å². The normalized spacial score (nSPS) is 11.4. The number of hydrogen-bond donors (Lipinski definition) is 2. The highest BCUT2D eigenvalue weighted by Crippen LogP contribution is 2.24. The number of aromatic nitrogens is 1. The van der Waals surface area contributed by atoms with Gasteiger partial charge in [0.25, 0.3) is 10.0 Å². The second-order valence-electron chi connectivity index (χ2n) is 4.48. The summed E-state index contributed by atoms with van der Waals surface area (Å²) in [6.07, 6.45) is 1.61. The van der Waals surface area contributed by atoms with Crippen molar-refractivity contribution in [2.75, 3.05) is 4.72 Å². The molecule has 0 bridgehead atoms. The molecule has 1 aromatic heterocycles. The van der Waals surface area contributed by atoms with E-state index in [1.54, 1.807) is 24.4 Å². The van der Waals surface area contributed by atoms with Crippen LogP contribution in [0.25, 0.3) is 10.9 Å². The maximum Gasteiger partial charge on any atom is 0.261 e. The second-order valence-corrected chi connectivity index (χ2v) is 6.16. The first-order valence-electron chi connectivity index (χ1n) is 6.22. The molecule has 3 rings (SSSR count). The molecule has 5 nitrogen and oxygen atoms in total. The summed E-state index contributed by atoms with van der Waals surface area (Å²) in [5.74, 6) is 0.0146. The monoisotopic (exact) mass is 300 g/mol. The molecule has 0 radical (unpaired) electrons. The molecule has 6 heteroatoms. The zero-order valence-electron chi connectivity index (χ0n) is 10.9. The van der Waals surface area contributed by atoms with E-state index in [2.05, 4.69) is 9.71 Å². The van der Waals surface area contributed by atoms with Crippen LogP contribution in [-0.4, -0.2) is 18.5 Å². The molecule has 106 valence electrons. The minimum absolute atomic E-state index is 0.0146. The third-order valence-corrected chi connectivity index (χ3v) is 4.41. The number of anilines is 1. The van der Waals surface area contributed by atoms with E-state index in [9.17, 15) is 13.5 Å². The van der Waals surface area contributed by atoms with Crippen molar-refractivity contribution in [3.05, 3.63) is 60.8 Å². The molecule has 2 N–H and O–H groups in total. The predicted molar refractivity (Wildman–Crippen MR) is 80.7 cm³/mol. The Labute approximate surface area is 121 Å². The van der Waals surface area contributed by atoms with Crippen LogP contribution < -0.4 is 4.72 Å². The minimum Gasteiger partial charge on any atom is -0.508 e. The van der Waals surface area contributed by atoms with Crippen LogP contribution in [0.1, 0.15) is 0 Å². The Morgan fingerprint density at radius 3 is 2.43 bits per heavy atom. The predicted octanol–water partition coefficient (Wildman–Crippen LogP) is 2.74. The van der Waals surface area contributed by atoms with E-state index in [1.807, 2.05) is 12.1 Å². The molecule has 0 unspecified atom stereocenters. The average Bonchev–Trinajstić information content (AvgIpc) is 2.48. The van der Waals surface area contributed by atoms with Crippen LogP contribution in [0, 0.1) is 0 Å². The Balaban J connectivity index is 2.03.